The average Bonchev–Trinajstić information content (AvgIpc) is 2.41. The van der Waals surface area contributed by atoms with Gasteiger partial charge in [0, 0.05) is 0 Å². The number of phenolic OH excluding ortho intramolecular Hbond substituents is 1. The molecule has 5 nitrogen and oxygen atoms in total. The fourth-order valence-electron chi connectivity index (χ4n) is 1.67. The van der Waals surface area contributed by atoms with Crippen LogP contribution in [0.3, 0.4) is 0 Å². The van der Waals surface area contributed by atoms with Crippen LogP contribution >= 0.6 is 0 Å². The van der Waals surface area contributed by atoms with Crippen LogP contribution in [-0.2, 0) is 0 Å². The van der Waals surface area contributed by atoms with E-state index in [1.54, 1.807) is 0 Å². The first-order valence-electron chi connectivity index (χ1n) is 5.61. The number of hydrogen-bond acceptors (Lipinski definition) is 4. The molecule has 1 amide bonds. The van der Waals surface area contributed by atoms with Crippen LogP contribution in [0.5, 0.6) is 5.75 Å². The molecule has 0 radical (unpaired) electrons. The number of halogens is 1. The van der Waals surface area contributed by atoms with E-state index >= 15 is 0 Å². The Kier molecular flexibility index (Phi) is 3.53. The van der Waals surface area contributed by atoms with Gasteiger partial charge in [-0.15, -0.1) is 0 Å². The molecule has 0 aliphatic heterocycles. The zero-order valence-corrected chi connectivity index (χ0v) is 10.2. The molecule has 0 aliphatic rings. The average molecular weight is 271 g/mol. The molecule has 0 heterocycles. The topological polar surface area (TPSA) is 99.1 Å². The molecule has 0 saturated carbocycles. The molecule has 0 bridgehead atoms. The number of nitrogens with zero attached hydrogens (tertiary/aromatic N) is 1. The van der Waals surface area contributed by atoms with Gasteiger partial charge in [0.25, 0.3) is 5.91 Å². The van der Waals surface area contributed by atoms with E-state index in [4.69, 9.17) is 11.0 Å². The summed E-state index contributed by atoms with van der Waals surface area (Å²) in [6.45, 7) is 0. The Morgan fingerprint density at radius 2 is 2.10 bits per heavy atom. The Morgan fingerprint density at radius 1 is 1.35 bits per heavy atom. The van der Waals surface area contributed by atoms with Crippen LogP contribution < -0.4 is 11.1 Å². The molecule has 0 spiro atoms. The molecular weight excluding hydrogens is 261 g/mol. The zero-order chi connectivity index (χ0) is 14.7. The molecule has 100 valence electrons. The predicted octanol–water partition coefficient (Wildman–Crippen LogP) is 2.24. The van der Waals surface area contributed by atoms with E-state index in [0.29, 0.717) is 5.56 Å². The van der Waals surface area contributed by atoms with Gasteiger partial charge in [0.05, 0.1) is 23.0 Å². The molecule has 20 heavy (non-hydrogen) atoms. The second-order valence-electron chi connectivity index (χ2n) is 4.00. The first-order chi connectivity index (χ1) is 9.52. The Hall–Kier alpha value is -3.07. The number of carbonyl (C=O) groups is 1. The van der Waals surface area contributed by atoms with Crippen LogP contribution in [0, 0.1) is 17.1 Å². The molecule has 2 aromatic rings. The highest BCUT2D eigenvalue weighted by Crippen LogP contribution is 2.24. The van der Waals surface area contributed by atoms with E-state index in [-0.39, 0.29) is 11.4 Å². The lowest BCUT2D eigenvalue weighted by Crippen LogP contribution is -2.15. The van der Waals surface area contributed by atoms with Gasteiger partial charge in [-0.25, -0.2) is 4.39 Å². The minimum Gasteiger partial charge on any atom is -0.507 e. The number of amides is 1. The number of nitrogen functional groups attached to an aromatic ring is 1. The molecule has 0 atom stereocenters. The Balaban J connectivity index is 2.31. The molecule has 0 fully saturated rings. The number of benzene rings is 2. The van der Waals surface area contributed by atoms with Crippen molar-refractivity contribution < 1.29 is 14.3 Å². The lowest BCUT2D eigenvalue weighted by atomic mass is 10.1. The number of nitriles is 1. The van der Waals surface area contributed by atoms with E-state index in [1.165, 1.54) is 30.3 Å². The highest BCUT2D eigenvalue weighted by Gasteiger charge is 2.17. The van der Waals surface area contributed by atoms with E-state index in [0.717, 1.165) is 6.07 Å². The molecule has 2 rings (SSSR count). The van der Waals surface area contributed by atoms with Crippen molar-refractivity contribution in [3.05, 3.63) is 53.3 Å². The third-order valence-corrected chi connectivity index (χ3v) is 2.65. The molecule has 0 aliphatic carbocycles. The summed E-state index contributed by atoms with van der Waals surface area (Å²) < 4.78 is 13.5. The summed E-state index contributed by atoms with van der Waals surface area (Å²) in [6, 6.07) is 9.75. The van der Waals surface area contributed by atoms with Gasteiger partial charge in [-0.1, -0.05) is 6.07 Å². The fraction of sp³-hybridized carbons (Fsp3) is 0. The first-order valence-corrected chi connectivity index (χ1v) is 5.61. The quantitative estimate of drug-likeness (QED) is 0.729. The van der Waals surface area contributed by atoms with Crippen molar-refractivity contribution in [1.29, 1.82) is 5.26 Å². The molecule has 0 unspecified atom stereocenters. The van der Waals surface area contributed by atoms with Crippen molar-refractivity contribution in [2.24, 2.45) is 0 Å². The molecule has 0 aromatic heterocycles. The number of aromatic hydroxyl groups is 1. The van der Waals surface area contributed by atoms with Crippen molar-refractivity contribution in [3.8, 4) is 11.8 Å². The summed E-state index contributed by atoms with van der Waals surface area (Å²) in [5, 5.41) is 20.6. The van der Waals surface area contributed by atoms with Gasteiger partial charge in [0.15, 0.2) is 0 Å². The molecule has 6 heteroatoms. The van der Waals surface area contributed by atoms with Gasteiger partial charge in [-0.2, -0.15) is 5.26 Å². The molecule has 2 aromatic carbocycles. The third kappa shape index (κ3) is 2.52. The second kappa shape index (κ2) is 5.28. The van der Waals surface area contributed by atoms with Crippen LogP contribution in [0.2, 0.25) is 0 Å². The minimum absolute atomic E-state index is 0.174. The number of anilines is 2. The van der Waals surface area contributed by atoms with Crippen molar-refractivity contribution in [2.75, 3.05) is 11.1 Å². The molecule has 0 saturated heterocycles. The molecule has 4 N–H and O–H groups in total. The number of nitrogens with one attached hydrogen (secondary N) is 1. The smallest absolute Gasteiger partial charge is 0.262 e. The number of carbonyl (C=O) groups excluding carboxylic acids is 1. The normalized spacial score (nSPS) is 9.80. The summed E-state index contributed by atoms with van der Waals surface area (Å²) >= 11 is 0. The summed E-state index contributed by atoms with van der Waals surface area (Å²) in [4.78, 5) is 11.9. The fourth-order valence-corrected chi connectivity index (χ4v) is 1.67. The summed E-state index contributed by atoms with van der Waals surface area (Å²) in [5.41, 5.74) is 5.96. The van der Waals surface area contributed by atoms with Crippen LogP contribution in [0.1, 0.15) is 15.9 Å². The molecular formula is C14H10FN3O2. The Labute approximate surface area is 114 Å². The Bertz CT molecular complexity index is 703. The van der Waals surface area contributed by atoms with Crippen LogP contribution in [0.4, 0.5) is 15.8 Å². The summed E-state index contributed by atoms with van der Waals surface area (Å²) in [7, 11) is 0. The maximum Gasteiger partial charge on any atom is 0.262 e. The number of rotatable bonds is 2. The van der Waals surface area contributed by atoms with Crippen molar-refractivity contribution in [1.82, 2.24) is 0 Å². The number of hydrogen-bond donors (Lipinski definition) is 3. The third-order valence-electron chi connectivity index (χ3n) is 2.65. The largest absolute Gasteiger partial charge is 0.507 e. The van der Waals surface area contributed by atoms with Gasteiger partial charge < -0.3 is 16.2 Å². The van der Waals surface area contributed by atoms with Gasteiger partial charge in [-0.3, -0.25) is 4.79 Å². The predicted molar refractivity (Wildman–Crippen MR) is 71.6 cm³/mol. The standard InChI is InChI=1S/C14H10FN3O2/c15-9-2-1-3-12(19)13(9)14(20)18-11-5-4-8(7-16)6-10(11)17/h1-6,19H,17H2,(H,18,20). The van der Waals surface area contributed by atoms with E-state index in [9.17, 15) is 14.3 Å². The van der Waals surface area contributed by atoms with Crippen LogP contribution in [-0.4, -0.2) is 11.0 Å². The van der Waals surface area contributed by atoms with E-state index in [1.807, 2.05) is 6.07 Å². The van der Waals surface area contributed by atoms with Gasteiger partial charge >= 0.3 is 0 Å². The maximum absolute atomic E-state index is 13.5. The SMILES string of the molecule is N#Cc1ccc(NC(=O)c2c(O)cccc2F)c(N)c1. The monoisotopic (exact) mass is 271 g/mol. The van der Waals surface area contributed by atoms with Crippen molar-refractivity contribution >= 4 is 17.3 Å². The van der Waals surface area contributed by atoms with E-state index in [2.05, 4.69) is 5.32 Å². The maximum atomic E-state index is 13.5. The Morgan fingerprint density at radius 3 is 2.70 bits per heavy atom. The number of phenols is 1. The lowest BCUT2D eigenvalue weighted by Gasteiger charge is -2.10. The van der Waals surface area contributed by atoms with Gasteiger partial charge in [-0.05, 0) is 30.3 Å². The number of nitrogens with two attached hydrogens (primary N) is 1. The summed E-state index contributed by atoms with van der Waals surface area (Å²) in [5.74, 6) is -2.12. The lowest BCUT2D eigenvalue weighted by molar-refractivity contribution is 0.102. The highest BCUT2D eigenvalue weighted by atomic mass is 19.1. The zero-order valence-electron chi connectivity index (χ0n) is 10.2. The van der Waals surface area contributed by atoms with Gasteiger partial charge in [0.1, 0.15) is 17.1 Å². The van der Waals surface area contributed by atoms with Crippen molar-refractivity contribution in [2.45, 2.75) is 0 Å². The first kappa shape index (κ1) is 13.4. The van der Waals surface area contributed by atoms with Crippen LogP contribution in [0.25, 0.3) is 0 Å². The van der Waals surface area contributed by atoms with Crippen molar-refractivity contribution in [3.63, 3.8) is 0 Å². The van der Waals surface area contributed by atoms with Gasteiger partial charge in [0.2, 0.25) is 0 Å². The summed E-state index contributed by atoms with van der Waals surface area (Å²) in [6.07, 6.45) is 0. The highest BCUT2D eigenvalue weighted by molar-refractivity contribution is 6.07. The minimum atomic E-state index is -0.838. The van der Waals surface area contributed by atoms with E-state index < -0.39 is 23.0 Å². The second-order valence-corrected chi connectivity index (χ2v) is 4.00. The van der Waals surface area contributed by atoms with Crippen LogP contribution in [0.15, 0.2) is 36.4 Å².